The summed E-state index contributed by atoms with van der Waals surface area (Å²) >= 11 is 0. The van der Waals surface area contributed by atoms with Gasteiger partial charge in [-0.2, -0.15) is 0 Å². The Balaban J connectivity index is 1.69. The lowest BCUT2D eigenvalue weighted by atomic mass is 9.90. The molecule has 4 heteroatoms. The van der Waals surface area contributed by atoms with Crippen LogP contribution in [0.5, 0.6) is 0 Å². The largest absolute Gasteiger partial charge is 0.460 e. The first-order valence-electron chi connectivity index (χ1n) is 9.40. The first-order valence-corrected chi connectivity index (χ1v) is 9.40. The molecule has 138 valence electrons. The molecule has 2 aromatic rings. The van der Waals surface area contributed by atoms with Crippen LogP contribution in [0.15, 0.2) is 60.7 Å². The van der Waals surface area contributed by atoms with Crippen molar-refractivity contribution in [3.63, 3.8) is 0 Å². The van der Waals surface area contributed by atoms with E-state index in [9.17, 15) is 9.90 Å². The SMILES string of the molecule is CCCC[C@H]1N[C@H]1[C@@H](C(=O)OCc1ccccc1)[C@@H](O)c1ccccc1. The molecular formula is C22H27NO3. The van der Waals surface area contributed by atoms with E-state index in [1.807, 2.05) is 60.7 Å². The Labute approximate surface area is 155 Å². The van der Waals surface area contributed by atoms with Gasteiger partial charge in [-0.1, -0.05) is 80.4 Å². The lowest BCUT2D eigenvalue weighted by molar-refractivity contribution is -0.154. The molecule has 0 bridgehead atoms. The van der Waals surface area contributed by atoms with Crippen LogP contribution in [0.4, 0.5) is 0 Å². The summed E-state index contributed by atoms with van der Waals surface area (Å²) in [6, 6.07) is 19.2. The Hall–Kier alpha value is -2.17. The average molecular weight is 353 g/mol. The number of carbonyl (C=O) groups excluding carboxylic acids is 1. The first-order chi connectivity index (χ1) is 12.7. The molecule has 3 rings (SSSR count). The lowest BCUT2D eigenvalue weighted by Gasteiger charge is -2.21. The number of rotatable bonds is 9. The van der Waals surface area contributed by atoms with Gasteiger partial charge in [-0.15, -0.1) is 0 Å². The quantitative estimate of drug-likeness (QED) is 0.534. The lowest BCUT2D eigenvalue weighted by Crippen LogP contribution is -2.31. The van der Waals surface area contributed by atoms with Crippen molar-refractivity contribution in [1.29, 1.82) is 0 Å². The van der Waals surface area contributed by atoms with Crippen molar-refractivity contribution in [2.75, 3.05) is 0 Å². The number of aliphatic hydroxyl groups is 1. The Morgan fingerprint density at radius 3 is 2.42 bits per heavy atom. The minimum absolute atomic E-state index is 0.0278. The number of hydrogen-bond donors (Lipinski definition) is 2. The predicted molar refractivity (Wildman–Crippen MR) is 101 cm³/mol. The van der Waals surface area contributed by atoms with Crippen molar-refractivity contribution in [3.8, 4) is 0 Å². The summed E-state index contributed by atoms with van der Waals surface area (Å²) in [6.07, 6.45) is 2.38. The number of unbranched alkanes of at least 4 members (excludes halogenated alkanes) is 1. The molecule has 1 fully saturated rings. The van der Waals surface area contributed by atoms with Crippen molar-refractivity contribution >= 4 is 5.97 Å². The van der Waals surface area contributed by atoms with Gasteiger partial charge in [-0.25, -0.2) is 0 Å². The van der Waals surface area contributed by atoms with E-state index in [1.54, 1.807) is 0 Å². The zero-order valence-corrected chi connectivity index (χ0v) is 15.2. The summed E-state index contributed by atoms with van der Waals surface area (Å²) in [4.78, 5) is 12.8. The van der Waals surface area contributed by atoms with Gasteiger partial charge in [0, 0.05) is 12.1 Å². The van der Waals surface area contributed by atoms with Gasteiger partial charge in [0.15, 0.2) is 0 Å². The smallest absolute Gasteiger partial charge is 0.313 e. The molecule has 0 amide bonds. The van der Waals surface area contributed by atoms with Gasteiger partial charge in [0.1, 0.15) is 12.5 Å². The van der Waals surface area contributed by atoms with Crippen LogP contribution in [0.25, 0.3) is 0 Å². The molecule has 0 aliphatic carbocycles. The topological polar surface area (TPSA) is 68.5 Å². The van der Waals surface area contributed by atoms with Gasteiger partial charge in [-0.05, 0) is 17.5 Å². The highest BCUT2D eigenvalue weighted by atomic mass is 16.5. The monoisotopic (exact) mass is 353 g/mol. The summed E-state index contributed by atoms with van der Waals surface area (Å²) in [5, 5.41) is 14.2. The highest BCUT2D eigenvalue weighted by molar-refractivity contribution is 5.75. The van der Waals surface area contributed by atoms with Crippen LogP contribution < -0.4 is 5.32 Å². The van der Waals surface area contributed by atoms with E-state index in [2.05, 4.69) is 12.2 Å². The summed E-state index contributed by atoms with van der Waals surface area (Å²) in [7, 11) is 0. The number of aliphatic hydroxyl groups excluding tert-OH is 1. The zero-order chi connectivity index (χ0) is 18.4. The fraction of sp³-hybridized carbons (Fsp3) is 0.409. The van der Waals surface area contributed by atoms with Gasteiger partial charge >= 0.3 is 5.97 Å². The number of esters is 1. The molecule has 0 unspecified atom stereocenters. The number of hydrogen-bond acceptors (Lipinski definition) is 4. The average Bonchev–Trinajstić information content (AvgIpc) is 3.45. The van der Waals surface area contributed by atoms with E-state index in [-0.39, 0.29) is 24.7 Å². The van der Waals surface area contributed by atoms with Crippen LogP contribution >= 0.6 is 0 Å². The van der Waals surface area contributed by atoms with Crippen LogP contribution in [-0.4, -0.2) is 23.2 Å². The van der Waals surface area contributed by atoms with E-state index in [1.165, 1.54) is 0 Å². The zero-order valence-electron chi connectivity index (χ0n) is 15.2. The molecule has 2 aromatic carbocycles. The molecule has 1 aliphatic rings. The second-order valence-corrected chi connectivity index (χ2v) is 6.92. The molecule has 0 aromatic heterocycles. The minimum Gasteiger partial charge on any atom is -0.460 e. The highest BCUT2D eigenvalue weighted by Gasteiger charge is 2.49. The van der Waals surface area contributed by atoms with Gasteiger partial charge in [-0.3, -0.25) is 4.79 Å². The third-order valence-corrected chi connectivity index (χ3v) is 4.96. The molecule has 2 N–H and O–H groups in total. The number of ether oxygens (including phenoxy) is 1. The van der Waals surface area contributed by atoms with Crippen LogP contribution in [0.1, 0.15) is 43.4 Å². The van der Waals surface area contributed by atoms with Crippen molar-refractivity contribution < 1.29 is 14.6 Å². The normalized spacial score (nSPS) is 21.0. The maximum absolute atomic E-state index is 12.8. The molecule has 0 spiro atoms. The minimum atomic E-state index is -0.872. The molecule has 1 heterocycles. The number of benzene rings is 2. The summed E-state index contributed by atoms with van der Waals surface area (Å²) in [6.45, 7) is 2.38. The molecule has 0 radical (unpaired) electrons. The Morgan fingerprint density at radius 2 is 1.77 bits per heavy atom. The third kappa shape index (κ3) is 4.71. The molecule has 4 nitrogen and oxygen atoms in total. The van der Waals surface area contributed by atoms with Crippen molar-refractivity contribution in [3.05, 3.63) is 71.8 Å². The van der Waals surface area contributed by atoms with Crippen LogP contribution in [0.2, 0.25) is 0 Å². The van der Waals surface area contributed by atoms with Gasteiger partial charge in [0.2, 0.25) is 0 Å². The molecule has 26 heavy (non-hydrogen) atoms. The summed E-state index contributed by atoms with van der Waals surface area (Å²) in [5.74, 6) is -0.940. The van der Waals surface area contributed by atoms with Gasteiger partial charge < -0.3 is 15.2 Å². The number of nitrogens with one attached hydrogen (secondary N) is 1. The third-order valence-electron chi connectivity index (χ3n) is 4.96. The van der Waals surface area contributed by atoms with Crippen LogP contribution in [-0.2, 0) is 16.1 Å². The molecule has 4 atom stereocenters. The maximum atomic E-state index is 12.8. The summed E-state index contributed by atoms with van der Waals surface area (Å²) < 4.78 is 5.55. The van der Waals surface area contributed by atoms with Gasteiger partial charge in [0.05, 0.1) is 6.10 Å². The second kappa shape index (κ2) is 8.97. The molecular weight excluding hydrogens is 326 g/mol. The Bertz CT molecular complexity index is 689. The molecule has 0 saturated carbocycles. The van der Waals surface area contributed by atoms with Crippen molar-refractivity contribution in [2.24, 2.45) is 5.92 Å². The van der Waals surface area contributed by atoms with Crippen molar-refractivity contribution in [1.82, 2.24) is 5.32 Å². The van der Waals surface area contributed by atoms with E-state index in [0.717, 1.165) is 30.4 Å². The van der Waals surface area contributed by atoms with E-state index < -0.39 is 12.0 Å². The molecule has 1 saturated heterocycles. The fourth-order valence-corrected chi connectivity index (χ4v) is 3.39. The van der Waals surface area contributed by atoms with Crippen LogP contribution in [0, 0.1) is 5.92 Å². The van der Waals surface area contributed by atoms with Gasteiger partial charge in [0.25, 0.3) is 0 Å². The first kappa shape index (κ1) is 18.6. The van der Waals surface area contributed by atoms with E-state index >= 15 is 0 Å². The Kier molecular flexibility index (Phi) is 6.42. The van der Waals surface area contributed by atoms with Crippen LogP contribution in [0.3, 0.4) is 0 Å². The maximum Gasteiger partial charge on any atom is 0.313 e. The fourth-order valence-electron chi connectivity index (χ4n) is 3.39. The van der Waals surface area contributed by atoms with E-state index in [4.69, 9.17) is 4.74 Å². The highest BCUT2D eigenvalue weighted by Crippen LogP contribution is 2.35. The Morgan fingerprint density at radius 1 is 1.12 bits per heavy atom. The predicted octanol–water partition coefficient (Wildman–Crippen LogP) is 3.61. The van der Waals surface area contributed by atoms with E-state index in [0.29, 0.717) is 0 Å². The standard InChI is InChI=1S/C22H27NO3/c1-2-3-14-18-20(23-18)19(21(24)17-12-8-5-9-13-17)22(25)26-15-16-10-6-4-7-11-16/h4-13,18-21,23-24H,2-3,14-15H2,1H3/t18-,19-,20-,21+/m1/s1. The second-order valence-electron chi connectivity index (χ2n) is 6.92. The number of carbonyl (C=O) groups is 1. The van der Waals surface area contributed by atoms with Crippen molar-refractivity contribution in [2.45, 2.75) is 51.0 Å². The summed E-state index contributed by atoms with van der Waals surface area (Å²) in [5.41, 5.74) is 1.69. The molecule has 1 aliphatic heterocycles.